The maximum Gasteiger partial charge on any atom is 0.416 e. The molecule has 0 atom stereocenters. The van der Waals surface area contributed by atoms with E-state index in [4.69, 9.17) is 0 Å². The maximum absolute atomic E-state index is 12.3. The van der Waals surface area contributed by atoms with Gasteiger partial charge in [-0.15, -0.1) is 0 Å². The van der Waals surface area contributed by atoms with Gasteiger partial charge in [-0.1, -0.05) is 12.1 Å². The fourth-order valence-electron chi connectivity index (χ4n) is 1.22. The first-order valence-corrected chi connectivity index (χ1v) is 4.44. The van der Waals surface area contributed by atoms with E-state index >= 15 is 0 Å². The molecule has 1 heterocycles. The van der Waals surface area contributed by atoms with Crippen molar-refractivity contribution in [3.8, 4) is 11.4 Å². The van der Waals surface area contributed by atoms with Crippen LogP contribution >= 0.6 is 0 Å². The summed E-state index contributed by atoms with van der Waals surface area (Å²) < 4.78 is 36.9. The van der Waals surface area contributed by atoms with Crippen molar-refractivity contribution < 1.29 is 13.2 Å². The number of rotatable bonds is 1. The van der Waals surface area contributed by atoms with Crippen molar-refractivity contribution in [3.05, 3.63) is 48.3 Å². The Hall–Kier alpha value is -1.91. The molecule has 2 aromatic rings. The third kappa shape index (κ3) is 2.18. The van der Waals surface area contributed by atoms with Crippen LogP contribution in [0.25, 0.3) is 11.4 Å². The highest BCUT2D eigenvalue weighted by Gasteiger charge is 2.29. The van der Waals surface area contributed by atoms with Crippen LogP contribution in [0.2, 0.25) is 0 Å². The summed E-state index contributed by atoms with van der Waals surface area (Å²) in [4.78, 5) is 7.74. The van der Waals surface area contributed by atoms with Crippen molar-refractivity contribution in [1.29, 1.82) is 0 Å². The molecule has 0 bridgehead atoms. The van der Waals surface area contributed by atoms with Crippen LogP contribution in [0.3, 0.4) is 0 Å². The zero-order valence-electron chi connectivity index (χ0n) is 7.99. The second-order valence-corrected chi connectivity index (χ2v) is 3.08. The molecule has 0 amide bonds. The molecule has 1 aromatic carbocycles. The van der Waals surface area contributed by atoms with Gasteiger partial charge in [-0.2, -0.15) is 13.2 Å². The van der Waals surface area contributed by atoms with Crippen LogP contribution < -0.4 is 0 Å². The number of halogens is 3. The highest BCUT2D eigenvalue weighted by Crippen LogP contribution is 2.30. The van der Waals surface area contributed by atoms with E-state index in [1.54, 1.807) is 0 Å². The van der Waals surface area contributed by atoms with Gasteiger partial charge < -0.3 is 0 Å². The lowest BCUT2D eigenvalue weighted by Gasteiger charge is -2.06. The summed E-state index contributed by atoms with van der Waals surface area (Å²) in [6.07, 6.45) is -0.262. The summed E-state index contributed by atoms with van der Waals surface area (Å²) in [5.74, 6) is 0.358. The SMILES string of the molecule is FC(F)(F)c1ccc(-c2n[c]ccn2)cc1. The van der Waals surface area contributed by atoms with Crippen molar-refractivity contribution in [3.63, 3.8) is 0 Å². The normalized spacial score (nSPS) is 11.4. The molecule has 1 radical (unpaired) electrons. The first-order chi connectivity index (χ1) is 7.57. The largest absolute Gasteiger partial charge is 0.416 e. The van der Waals surface area contributed by atoms with Crippen LogP contribution in [0, 0.1) is 6.20 Å². The molecule has 2 nitrogen and oxygen atoms in total. The molecule has 0 aliphatic rings. The molecular formula is C11H6F3N2. The number of nitrogens with zero attached hydrogens (tertiary/aromatic N) is 2. The van der Waals surface area contributed by atoms with E-state index in [1.165, 1.54) is 24.4 Å². The van der Waals surface area contributed by atoms with Gasteiger partial charge in [-0.3, -0.25) is 0 Å². The van der Waals surface area contributed by atoms with E-state index in [2.05, 4.69) is 16.2 Å². The lowest BCUT2D eigenvalue weighted by molar-refractivity contribution is -0.137. The Bertz CT molecular complexity index is 463. The molecule has 81 valence electrons. The molecule has 0 aliphatic heterocycles. The number of aromatic nitrogens is 2. The van der Waals surface area contributed by atoms with Crippen molar-refractivity contribution >= 4 is 0 Å². The molecular weight excluding hydrogens is 217 g/mol. The lowest BCUT2D eigenvalue weighted by atomic mass is 10.1. The van der Waals surface area contributed by atoms with Crippen LogP contribution in [0.15, 0.2) is 36.5 Å². The van der Waals surface area contributed by atoms with Gasteiger partial charge in [0.1, 0.15) is 0 Å². The zero-order chi connectivity index (χ0) is 11.6. The highest BCUT2D eigenvalue weighted by molar-refractivity contribution is 5.54. The van der Waals surface area contributed by atoms with Crippen molar-refractivity contribution in [1.82, 2.24) is 9.97 Å². The summed E-state index contributed by atoms with van der Waals surface area (Å²) in [7, 11) is 0. The Balaban J connectivity index is 2.34. The van der Waals surface area contributed by atoms with E-state index in [9.17, 15) is 13.2 Å². The average Bonchev–Trinajstić information content (AvgIpc) is 2.29. The molecule has 0 saturated carbocycles. The van der Waals surface area contributed by atoms with Gasteiger partial charge in [0.15, 0.2) is 5.82 Å². The van der Waals surface area contributed by atoms with Crippen LogP contribution in [0.1, 0.15) is 5.56 Å². The van der Waals surface area contributed by atoms with E-state index < -0.39 is 11.7 Å². The average molecular weight is 223 g/mol. The molecule has 16 heavy (non-hydrogen) atoms. The quantitative estimate of drug-likeness (QED) is 0.742. The molecule has 0 fully saturated rings. The predicted octanol–water partition coefficient (Wildman–Crippen LogP) is 2.96. The summed E-state index contributed by atoms with van der Waals surface area (Å²) in [6, 6.07) is 6.21. The fourth-order valence-corrected chi connectivity index (χ4v) is 1.22. The molecule has 0 N–H and O–H groups in total. The standard InChI is InChI=1S/C11H6F3N2/c12-11(13,14)9-4-2-8(3-5-9)10-15-6-1-7-16-10/h1-6H. The minimum Gasteiger partial charge on any atom is -0.237 e. The first-order valence-electron chi connectivity index (χ1n) is 4.44. The van der Waals surface area contributed by atoms with Crippen LogP contribution in [0.4, 0.5) is 13.2 Å². The molecule has 0 saturated heterocycles. The second kappa shape index (κ2) is 3.92. The highest BCUT2D eigenvalue weighted by atomic mass is 19.4. The molecule has 1 aromatic heterocycles. The number of alkyl halides is 3. The zero-order valence-corrected chi connectivity index (χ0v) is 7.99. The summed E-state index contributed by atoms with van der Waals surface area (Å²) >= 11 is 0. The van der Waals surface area contributed by atoms with Gasteiger partial charge in [0.2, 0.25) is 0 Å². The fraction of sp³-hybridized carbons (Fsp3) is 0.0909. The molecule has 0 spiro atoms. The van der Waals surface area contributed by atoms with E-state index in [0.717, 1.165) is 12.1 Å². The molecule has 0 unspecified atom stereocenters. The maximum atomic E-state index is 12.3. The Morgan fingerprint density at radius 3 is 2.25 bits per heavy atom. The molecule has 2 rings (SSSR count). The van der Waals surface area contributed by atoms with Gasteiger partial charge >= 0.3 is 6.18 Å². The number of hydrogen-bond donors (Lipinski definition) is 0. The topological polar surface area (TPSA) is 25.8 Å². The third-order valence-corrected chi connectivity index (χ3v) is 1.99. The Labute approximate surface area is 89.8 Å². The van der Waals surface area contributed by atoms with Crippen molar-refractivity contribution in [2.45, 2.75) is 6.18 Å². The van der Waals surface area contributed by atoms with Crippen molar-refractivity contribution in [2.24, 2.45) is 0 Å². The van der Waals surface area contributed by atoms with Crippen LogP contribution in [-0.2, 0) is 6.18 Å². The Morgan fingerprint density at radius 1 is 1.06 bits per heavy atom. The van der Waals surface area contributed by atoms with Gasteiger partial charge in [0.05, 0.1) is 11.8 Å². The van der Waals surface area contributed by atoms with Gasteiger partial charge in [0.25, 0.3) is 0 Å². The number of benzene rings is 1. The van der Waals surface area contributed by atoms with Crippen LogP contribution in [0.5, 0.6) is 0 Å². The molecule has 5 heteroatoms. The third-order valence-electron chi connectivity index (χ3n) is 1.99. The second-order valence-electron chi connectivity index (χ2n) is 3.08. The predicted molar refractivity (Wildman–Crippen MR) is 51.3 cm³/mol. The minimum atomic E-state index is -4.32. The van der Waals surface area contributed by atoms with Gasteiger partial charge in [-0.05, 0) is 18.2 Å². The van der Waals surface area contributed by atoms with E-state index in [-0.39, 0.29) is 0 Å². The summed E-state index contributed by atoms with van der Waals surface area (Å²) in [5.41, 5.74) is -0.152. The molecule has 0 aliphatic carbocycles. The summed E-state index contributed by atoms with van der Waals surface area (Å²) in [6.45, 7) is 0. The Kier molecular flexibility index (Phi) is 2.60. The van der Waals surface area contributed by atoms with Gasteiger partial charge in [0, 0.05) is 11.8 Å². The lowest BCUT2D eigenvalue weighted by Crippen LogP contribution is -2.04. The van der Waals surface area contributed by atoms with E-state index in [0.29, 0.717) is 11.4 Å². The monoisotopic (exact) mass is 223 g/mol. The smallest absolute Gasteiger partial charge is 0.237 e. The van der Waals surface area contributed by atoms with Crippen LogP contribution in [-0.4, -0.2) is 9.97 Å². The summed E-state index contributed by atoms with van der Waals surface area (Å²) in [5, 5.41) is 0. The minimum absolute atomic E-state index is 0.358. The van der Waals surface area contributed by atoms with Crippen molar-refractivity contribution in [2.75, 3.05) is 0 Å². The van der Waals surface area contributed by atoms with E-state index in [1.807, 2.05) is 0 Å². The number of hydrogen-bond acceptors (Lipinski definition) is 2. The first kappa shape index (κ1) is 10.6. The Morgan fingerprint density at radius 2 is 1.75 bits per heavy atom. The van der Waals surface area contributed by atoms with Gasteiger partial charge in [-0.25, -0.2) is 9.97 Å².